The maximum atomic E-state index is 12.1. The Hall–Kier alpha value is -0.610. The highest BCUT2D eigenvalue weighted by atomic mass is 16.3. The van der Waals surface area contributed by atoms with Crippen molar-refractivity contribution in [2.75, 3.05) is 19.6 Å². The Morgan fingerprint density at radius 1 is 1.40 bits per heavy atom. The van der Waals surface area contributed by atoms with E-state index < -0.39 is 0 Å². The van der Waals surface area contributed by atoms with Crippen molar-refractivity contribution in [1.29, 1.82) is 0 Å². The third-order valence-corrected chi connectivity index (χ3v) is 3.75. The van der Waals surface area contributed by atoms with Crippen LogP contribution in [0.2, 0.25) is 0 Å². The van der Waals surface area contributed by atoms with Gasteiger partial charge in [0.15, 0.2) is 0 Å². The van der Waals surface area contributed by atoms with Gasteiger partial charge < -0.3 is 15.7 Å². The Labute approximate surface area is 90.4 Å². The molecule has 1 aliphatic carbocycles. The van der Waals surface area contributed by atoms with Crippen molar-refractivity contribution in [3.05, 3.63) is 0 Å². The number of likely N-dealkylation sites (tertiary alicyclic amines) is 1. The summed E-state index contributed by atoms with van der Waals surface area (Å²) in [6.45, 7) is 1.85. The molecule has 4 heteroatoms. The van der Waals surface area contributed by atoms with Crippen LogP contribution in [0.4, 0.5) is 0 Å². The van der Waals surface area contributed by atoms with E-state index in [-0.39, 0.29) is 17.9 Å². The fourth-order valence-corrected chi connectivity index (χ4v) is 2.82. The molecule has 1 heterocycles. The molecule has 1 amide bonds. The number of nitrogens with zero attached hydrogens (tertiary/aromatic N) is 1. The number of rotatable bonds is 2. The number of amides is 1. The molecule has 0 radical (unpaired) electrons. The summed E-state index contributed by atoms with van der Waals surface area (Å²) in [6.07, 6.45) is 3.60. The topological polar surface area (TPSA) is 66.6 Å². The summed E-state index contributed by atoms with van der Waals surface area (Å²) in [5.41, 5.74) is 5.67. The highest BCUT2D eigenvalue weighted by Gasteiger charge is 2.36. The summed E-state index contributed by atoms with van der Waals surface area (Å²) in [4.78, 5) is 13.9. The summed E-state index contributed by atoms with van der Waals surface area (Å²) in [7, 11) is 0. The monoisotopic (exact) mass is 212 g/mol. The smallest absolute Gasteiger partial charge is 0.226 e. The lowest BCUT2D eigenvalue weighted by Gasteiger charge is -2.23. The van der Waals surface area contributed by atoms with Gasteiger partial charge in [-0.3, -0.25) is 4.79 Å². The normalized spacial score (nSPS) is 36.1. The van der Waals surface area contributed by atoms with Crippen molar-refractivity contribution in [2.24, 2.45) is 17.6 Å². The van der Waals surface area contributed by atoms with Crippen molar-refractivity contribution in [3.8, 4) is 0 Å². The van der Waals surface area contributed by atoms with E-state index in [1.807, 2.05) is 4.90 Å². The predicted octanol–water partition coefficient (Wildman–Crippen LogP) is -0.0454. The lowest BCUT2D eigenvalue weighted by atomic mass is 9.95. The molecular weight excluding hydrogens is 192 g/mol. The second kappa shape index (κ2) is 4.49. The molecule has 1 saturated heterocycles. The highest BCUT2D eigenvalue weighted by Crippen LogP contribution is 2.33. The van der Waals surface area contributed by atoms with E-state index in [4.69, 9.17) is 5.73 Å². The van der Waals surface area contributed by atoms with E-state index in [0.717, 1.165) is 25.7 Å². The van der Waals surface area contributed by atoms with Gasteiger partial charge in [0.25, 0.3) is 0 Å². The first-order valence-electron chi connectivity index (χ1n) is 5.89. The molecule has 86 valence electrons. The number of hydrogen-bond acceptors (Lipinski definition) is 3. The molecule has 2 rings (SSSR count). The van der Waals surface area contributed by atoms with Crippen molar-refractivity contribution in [3.63, 3.8) is 0 Å². The molecule has 0 bridgehead atoms. The van der Waals surface area contributed by atoms with Crippen LogP contribution in [0, 0.1) is 11.8 Å². The van der Waals surface area contributed by atoms with Crippen LogP contribution in [0.25, 0.3) is 0 Å². The van der Waals surface area contributed by atoms with Gasteiger partial charge in [-0.25, -0.2) is 0 Å². The Morgan fingerprint density at radius 3 is 2.80 bits per heavy atom. The zero-order valence-corrected chi connectivity index (χ0v) is 9.06. The molecule has 1 aliphatic heterocycles. The minimum absolute atomic E-state index is 0.125. The molecule has 15 heavy (non-hydrogen) atoms. The number of β-amino-alcohol motifs (C(OH)–C–C–N with tert-alkyl or cyclic N) is 1. The van der Waals surface area contributed by atoms with Crippen molar-refractivity contribution >= 4 is 5.91 Å². The standard InChI is InChI=1S/C11H20N2O2/c12-6-8-2-1-3-10(8)11(15)13-5-4-9(14)7-13/h8-10,14H,1-7,12H2. The number of aliphatic hydroxyl groups is 1. The third-order valence-electron chi connectivity index (χ3n) is 3.75. The third kappa shape index (κ3) is 2.16. The Bertz CT molecular complexity index is 245. The van der Waals surface area contributed by atoms with Gasteiger partial charge in [0.2, 0.25) is 5.91 Å². The fourth-order valence-electron chi connectivity index (χ4n) is 2.82. The number of aliphatic hydroxyl groups excluding tert-OH is 1. The summed E-state index contributed by atoms with van der Waals surface area (Å²) >= 11 is 0. The van der Waals surface area contributed by atoms with Gasteiger partial charge in [-0.2, -0.15) is 0 Å². The number of hydrogen-bond donors (Lipinski definition) is 2. The summed E-state index contributed by atoms with van der Waals surface area (Å²) in [5.74, 6) is 0.718. The molecule has 2 fully saturated rings. The lowest BCUT2D eigenvalue weighted by molar-refractivity contribution is -0.135. The Balaban J connectivity index is 1.95. The molecule has 0 aromatic carbocycles. The molecule has 0 aromatic rings. The van der Waals surface area contributed by atoms with E-state index in [0.29, 0.717) is 25.6 Å². The van der Waals surface area contributed by atoms with Crippen LogP contribution in [0.5, 0.6) is 0 Å². The first-order valence-corrected chi connectivity index (χ1v) is 5.89. The molecule has 1 saturated carbocycles. The van der Waals surface area contributed by atoms with Gasteiger partial charge in [0, 0.05) is 19.0 Å². The van der Waals surface area contributed by atoms with Crippen molar-refractivity contribution in [2.45, 2.75) is 31.8 Å². The van der Waals surface area contributed by atoms with Crippen LogP contribution < -0.4 is 5.73 Å². The number of nitrogens with two attached hydrogens (primary N) is 1. The lowest BCUT2D eigenvalue weighted by Crippen LogP contribution is -2.38. The minimum Gasteiger partial charge on any atom is -0.391 e. The minimum atomic E-state index is -0.313. The molecule has 3 N–H and O–H groups in total. The molecule has 0 spiro atoms. The summed E-state index contributed by atoms with van der Waals surface area (Å²) in [6, 6.07) is 0. The number of carbonyl (C=O) groups excluding carboxylic acids is 1. The second-order valence-corrected chi connectivity index (χ2v) is 4.76. The largest absolute Gasteiger partial charge is 0.391 e. The van der Waals surface area contributed by atoms with Crippen molar-refractivity contribution < 1.29 is 9.90 Å². The van der Waals surface area contributed by atoms with Crippen molar-refractivity contribution in [1.82, 2.24) is 4.90 Å². The fraction of sp³-hybridized carbons (Fsp3) is 0.909. The van der Waals surface area contributed by atoms with Crippen LogP contribution in [0.1, 0.15) is 25.7 Å². The van der Waals surface area contributed by atoms with Crippen LogP contribution in [0.3, 0.4) is 0 Å². The van der Waals surface area contributed by atoms with Gasteiger partial charge >= 0.3 is 0 Å². The Morgan fingerprint density at radius 2 is 2.20 bits per heavy atom. The van der Waals surface area contributed by atoms with E-state index >= 15 is 0 Å². The first kappa shape index (κ1) is 10.9. The quantitative estimate of drug-likeness (QED) is 0.674. The van der Waals surface area contributed by atoms with E-state index in [2.05, 4.69) is 0 Å². The number of carbonyl (C=O) groups is 1. The SMILES string of the molecule is NCC1CCCC1C(=O)N1CCC(O)C1. The molecule has 2 aliphatic rings. The second-order valence-electron chi connectivity index (χ2n) is 4.76. The predicted molar refractivity (Wildman–Crippen MR) is 57.1 cm³/mol. The zero-order chi connectivity index (χ0) is 10.8. The summed E-state index contributed by atoms with van der Waals surface area (Å²) < 4.78 is 0. The van der Waals surface area contributed by atoms with Crippen LogP contribution in [0.15, 0.2) is 0 Å². The van der Waals surface area contributed by atoms with Gasteiger partial charge in [0.1, 0.15) is 0 Å². The van der Waals surface area contributed by atoms with Crippen LogP contribution >= 0.6 is 0 Å². The molecule has 4 nitrogen and oxygen atoms in total. The average molecular weight is 212 g/mol. The molecule has 3 atom stereocenters. The van der Waals surface area contributed by atoms with Gasteiger partial charge in [0.05, 0.1) is 6.10 Å². The maximum Gasteiger partial charge on any atom is 0.226 e. The van der Waals surface area contributed by atoms with Gasteiger partial charge in [-0.05, 0) is 31.7 Å². The molecule has 3 unspecified atom stereocenters. The van der Waals surface area contributed by atoms with E-state index in [1.54, 1.807) is 0 Å². The van der Waals surface area contributed by atoms with Gasteiger partial charge in [-0.1, -0.05) is 6.42 Å². The maximum absolute atomic E-state index is 12.1. The van der Waals surface area contributed by atoms with Crippen LogP contribution in [-0.2, 0) is 4.79 Å². The summed E-state index contributed by atoms with van der Waals surface area (Å²) in [5, 5.41) is 9.40. The zero-order valence-electron chi connectivity index (χ0n) is 9.06. The van der Waals surface area contributed by atoms with Crippen LogP contribution in [-0.4, -0.2) is 41.7 Å². The average Bonchev–Trinajstić information content (AvgIpc) is 2.84. The highest BCUT2D eigenvalue weighted by molar-refractivity contribution is 5.79. The molecule has 0 aromatic heterocycles. The van der Waals surface area contributed by atoms with E-state index in [9.17, 15) is 9.90 Å². The first-order chi connectivity index (χ1) is 7.22. The van der Waals surface area contributed by atoms with Gasteiger partial charge in [-0.15, -0.1) is 0 Å². The molecular formula is C11H20N2O2. The Kier molecular flexibility index (Phi) is 3.26. The van der Waals surface area contributed by atoms with E-state index in [1.165, 1.54) is 0 Å².